The second-order valence-electron chi connectivity index (χ2n) is 10.1. The summed E-state index contributed by atoms with van der Waals surface area (Å²) in [4.78, 5) is 42.8. The zero-order valence-corrected chi connectivity index (χ0v) is 25.6. The zero-order chi connectivity index (χ0) is 30.6. The molecule has 1 saturated heterocycles. The fourth-order valence-corrected chi connectivity index (χ4v) is 4.25. The lowest BCUT2D eigenvalue weighted by Crippen LogP contribution is -2.52. The topological polar surface area (TPSA) is 134 Å². The highest BCUT2D eigenvalue weighted by Gasteiger charge is 2.36. The third kappa shape index (κ3) is 9.62. The Morgan fingerprint density at radius 1 is 1.02 bits per heavy atom. The number of carbonyl (C=O) groups excluding carboxylic acids is 3. The third-order valence-electron chi connectivity index (χ3n) is 5.92. The van der Waals surface area contributed by atoms with Crippen LogP contribution in [0.5, 0.6) is 0 Å². The predicted molar refractivity (Wildman–Crippen MR) is 151 cm³/mol. The number of hydrogen-bond acceptors (Lipinski definition) is 10. The molecule has 1 unspecified atom stereocenters. The normalized spacial score (nSPS) is 14.4. The minimum Gasteiger partial charge on any atom is -0.464 e. The minimum absolute atomic E-state index is 0.0727. The third-order valence-corrected chi connectivity index (χ3v) is 5.92. The van der Waals surface area contributed by atoms with E-state index in [1.807, 2.05) is 25.7 Å². The van der Waals surface area contributed by atoms with Crippen LogP contribution >= 0.6 is 0 Å². The summed E-state index contributed by atoms with van der Waals surface area (Å²) in [6.45, 7) is 14.9. The van der Waals surface area contributed by atoms with Crippen LogP contribution in [0.15, 0.2) is 0 Å². The van der Waals surface area contributed by atoms with Crippen LogP contribution in [0.25, 0.3) is 0 Å². The summed E-state index contributed by atoms with van der Waals surface area (Å²) in [6, 6.07) is -1.22. The van der Waals surface area contributed by atoms with Gasteiger partial charge in [-0.25, -0.2) is 14.3 Å². The van der Waals surface area contributed by atoms with Crippen molar-refractivity contribution < 1.29 is 38.1 Å². The van der Waals surface area contributed by atoms with Crippen molar-refractivity contribution in [2.45, 2.75) is 79.6 Å². The molecule has 41 heavy (non-hydrogen) atoms. The van der Waals surface area contributed by atoms with Gasteiger partial charge in [-0.1, -0.05) is 5.92 Å². The average Bonchev–Trinajstić information content (AvgIpc) is 3.27. The van der Waals surface area contributed by atoms with Gasteiger partial charge in [0.1, 0.15) is 18.1 Å². The lowest BCUT2D eigenvalue weighted by atomic mass is 10.1. The van der Waals surface area contributed by atoms with Crippen molar-refractivity contribution in [2.75, 3.05) is 58.0 Å². The highest BCUT2D eigenvalue weighted by molar-refractivity contribution is 5.97. The molecule has 1 atom stereocenters. The van der Waals surface area contributed by atoms with E-state index in [1.165, 1.54) is 7.11 Å². The van der Waals surface area contributed by atoms with Gasteiger partial charge >= 0.3 is 12.1 Å². The van der Waals surface area contributed by atoms with E-state index in [-0.39, 0.29) is 44.8 Å². The van der Waals surface area contributed by atoms with Crippen molar-refractivity contribution in [1.29, 1.82) is 0 Å². The molecule has 0 spiro atoms. The van der Waals surface area contributed by atoms with E-state index >= 15 is 0 Å². The summed E-state index contributed by atoms with van der Waals surface area (Å²) in [5.74, 6) is 5.27. The monoisotopic (exact) mass is 579 g/mol. The highest BCUT2D eigenvalue weighted by atomic mass is 16.7. The molecule has 1 aromatic heterocycles. The number of nitrogens with one attached hydrogen (secondary N) is 1. The van der Waals surface area contributed by atoms with Gasteiger partial charge in [0.25, 0.3) is 5.91 Å². The van der Waals surface area contributed by atoms with Crippen LogP contribution in [0.3, 0.4) is 0 Å². The van der Waals surface area contributed by atoms with Gasteiger partial charge in [-0.2, -0.15) is 5.10 Å². The number of hydrogen-bond donors (Lipinski definition) is 1. The number of methoxy groups -OCH3 is 1. The second kappa shape index (κ2) is 16.2. The highest BCUT2D eigenvalue weighted by Crippen LogP contribution is 2.27. The standard InChI is InChI=1S/C28H45N5O8/c1-9-13-14-20-21(23(34)29-22(25(35)38-10-2)26(39-11-3)40-12-4)30-33(19-37-8)24(20)31-15-17-32(18-16-31)27(36)41-28(5,6)7/h22,26H,10-12,14-19H2,1-8H3,(H,29,34). The number of piperazine rings is 1. The fraction of sp³-hybridized carbons (Fsp3) is 0.714. The summed E-state index contributed by atoms with van der Waals surface area (Å²) in [7, 11) is 1.53. The van der Waals surface area contributed by atoms with E-state index in [0.717, 1.165) is 0 Å². The van der Waals surface area contributed by atoms with Gasteiger partial charge in [-0.3, -0.25) is 4.79 Å². The molecule has 1 aromatic rings. The van der Waals surface area contributed by atoms with E-state index in [4.69, 9.17) is 23.7 Å². The van der Waals surface area contributed by atoms with Crippen molar-refractivity contribution in [2.24, 2.45) is 0 Å². The first kappa shape index (κ1) is 33.9. The number of esters is 1. The Morgan fingerprint density at radius 3 is 2.17 bits per heavy atom. The molecule has 0 radical (unpaired) electrons. The maximum absolute atomic E-state index is 13.7. The van der Waals surface area contributed by atoms with E-state index in [0.29, 0.717) is 37.6 Å². The smallest absolute Gasteiger partial charge is 0.410 e. The number of nitrogens with zero attached hydrogens (tertiary/aromatic N) is 4. The molecule has 230 valence electrons. The van der Waals surface area contributed by atoms with Gasteiger partial charge in [0.05, 0.1) is 6.61 Å². The molecule has 2 rings (SSSR count). The first-order chi connectivity index (χ1) is 19.5. The van der Waals surface area contributed by atoms with Crippen LogP contribution in [-0.2, 0) is 41.6 Å². The van der Waals surface area contributed by atoms with Crippen molar-refractivity contribution in [1.82, 2.24) is 20.0 Å². The summed E-state index contributed by atoms with van der Waals surface area (Å²) in [5, 5.41) is 7.29. The molecule has 1 N–H and O–H groups in total. The van der Waals surface area contributed by atoms with Crippen molar-refractivity contribution >= 4 is 23.8 Å². The van der Waals surface area contributed by atoms with E-state index in [1.54, 1.807) is 37.3 Å². The second-order valence-corrected chi connectivity index (χ2v) is 10.1. The molecule has 2 amide bonds. The number of anilines is 1. The van der Waals surface area contributed by atoms with Crippen LogP contribution in [0.2, 0.25) is 0 Å². The molecule has 1 aliphatic rings. The molecule has 0 bridgehead atoms. The largest absolute Gasteiger partial charge is 0.464 e. The Balaban J connectivity index is 2.43. The Morgan fingerprint density at radius 2 is 1.66 bits per heavy atom. The lowest BCUT2D eigenvalue weighted by molar-refractivity contribution is -0.177. The predicted octanol–water partition coefficient (Wildman–Crippen LogP) is 2.17. The van der Waals surface area contributed by atoms with Crippen molar-refractivity contribution in [3.63, 3.8) is 0 Å². The van der Waals surface area contributed by atoms with E-state index in [2.05, 4.69) is 22.3 Å². The van der Waals surface area contributed by atoms with Gasteiger partial charge in [-0.05, 0) is 48.5 Å². The summed E-state index contributed by atoms with van der Waals surface area (Å²) >= 11 is 0. The number of carbonyl (C=O) groups is 3. The summed E-state index contributed by atoms with van der Waals surface area (Å²) < 4.78 is 28.9. The first-order valence-corrected chi connectivity index (χ1v) is 13.9. The number of amides is 2. The molecule has 0 saturated carbocycles. The molecular weight excluding hydrogens is 534 g/mol. The van der Waals surface area contributed by atoms with Crippen molar-refractivity contribution in [3.05, 3.63) is 11.3 Å². The summed E-state index contributed by atoms with van der Waals surface area (Å²) in [6.07, 6.45) is -1.19. The quantitative estimate of drug-likeness (QED) is 0.211. The zero-order valence-electron chi connectivity index (χ0n) is 25.6. The van der Waals surface area contributed by atoms with E-state index in [9.17, 15) is 14.4 Å². The van der Waals surface area contributed by atoms with E-state index < -0.39 is 29.8 Å². The van der Waals surface area contributed by atoms with Gasteiger partial charge in [-0.15, -0.1) is 5.92 Å². The average molecular weight is 580 g/mol. The molecule has 13 nitrogen and oxygen atoms in total. The molecule has 13 heteroatoms. The molecule has 1 aliphatic heterocycles. The Hall–Kier alpha value is -3.34. The molecule has 1 fully saturated rings. The van der Waals surface area contributed by atoms with Crippen LogP contribution in [-0.4, -0.2) is 104 Å². The lowest BCUT2D eigenvalue weighted by Gasteiger charge is -2.37. The fourth-order valence-electron chi connectivity index (χ4n) is 4.25. The SMILES string of the molecule is CC#CCc1c(C(=O)NC(C(=O)OCC)C(OCC)OCC)nn(COC)c1N1CCN(C(=O)OC(C)(C)C)CC1. The molecular formula is C28H45N5O8. The maximum atomic E-state index is 13.7. The van der Waals surface area contributed by atoms with Crippen molar-refractivity contribution in [3.8, 4) is 11.8 Å². The molecule has 0 aliphatic carbocycles. The minimum atomic E-state index is -1.22. The summed E-state index contributed by atoms with van der Waals surface area (Å²) in [5.41, 5.74) is 0.0756. The van der Waals surface area contributed by atoms with Gasteiger partial charge in [0.15, 0.2) is 18.0 Å². The number of aromatic nitrogens is 2. The Kier molecular flexibility index (Phi) is 13.4. The Labute approximate surface area is 242 Å². The molecule has 2 heterocycles. The van der Waals surface area contributed by atoms with Gasteiger partial charge in [0.2, 0.25) is 0 Å². The van der Waals surface area contributed by atoms with Gasteiger partial charge in [0, 0.05) is 58.5 Å². The van der Waals surface area contributed by atoms with Gasteiger partial charge < -0.3 is 38.8 Å². The van der Waals surface area contributed by atoms with Crippen LogP contribution < -0.4 is 10.2 Å². The maximum Gasteiger partial charge on any atom is 0.410 e. The molecule has 0 aromatic carbocycles. The number of rotatable bonds is 13. The number of ether oxygens (including phenoxy) is 5. The first-order valence-electron chi connectivity index (χ1n) is 13.9. The van der Waals surface area contributed by atoms with Crippen LogP contribution in [0, 0.1) is 11.8 Å². The van der Waals surface area contributed by atoms with Crippen LogP contribution in [0.4, 0.5) is 10.6 Å². The van der Waals surface area contributed by atoms with Crippen LogP contribution in [0.1, 0.15) is 64.5 Å². The Bertz CT molecular complexity index is 1070.